The van der Waals surface area contributed by atoms with Crippen LogP contribution in [0.2, 0.25) is 0 Å². The number of hydrogen-bond acceptors (Lipinski definition) is 4. The molecular weight excluding hydrogens is 417 g/mol. The van der Waals surface area contributed by atoms with Crippen LogP contribution in [0, 0.1) is 11.7 Å². The molecule has 1 aliphatic heterocycles. The van der Waals surface area contributed by atoms with Gasteiger partial charge in [-0.15, -0.1) is 11.8 Å². The first-order valence-corrected chi connectivity index (χ1v) is 11.4. The number of benzene rings is 2. The fourth-order valence-corrected chi connectivity index (χ4v) is 4.59. The second-order valence-electron chi connectivity index (χ2n) is 7.86. The van der Waals surface area contributed by atoms with Crippen molar-refractivity contribution in [3.05, 3.63) is 65.5 Å². The van der Waals surface area contributed by atoms with Crippen molar-refractivity contribution in [2.75, 3.05) is 11.1 Å². The summed E-state index contributed by atoms with van der Waals surface area (Å²) in [6.07, 6.45) is 2.17. The number of anilines is 1. The Morgan fingerprint density at radius 2 is 1.90 bits per heavy atom. The van der Waals surface area contributed by atoms with Crippen LogP contribution in [0.4, 0.5) is 10.1 Å². The van der Waals surface area contributed by atoms with Gasteiger partial charge < -0.3 is 16.0 Å². The van der Waals surface area contributed by atoms with Crippen molar-refractivity contribution < 1.29 is 18.8 Å². The summed E-state index contributed by atoms with van der Waals surface area (Å²) < 4.78 is 13.9. The van der Waals surface area contributed by atoms with E-state index in [1.165, 1.54) is 17.8 Å². The molecule has 0 spiro atoms. The maximum atomic E-state index is 13.9. The first-order valence-electron chi connectivity index (χ1n) is 10.3. The minimum atomic E-state index is -0.632. The third-order valence-electron chi connectivity index (χ3n) is 5.36. The summed E-state index contributed by atoms with van der Waals surface area (Å²) in [5.41, 5.74) is 2.06. The fraction of sp³-hybridized carbons (Fsp3) is 0.348. The van der Waals surface area contributed by atoms with E-state index >= 15 is 0 Å². The molecule has 2 fully saturated rings. The van der Waals surface area contributed by atoms with Gasteiger partial charge in [0.05, 0.1) is 5.25 Å². The lowest BCUT2D eigenvalue weighted by Crippen LogP contribution is -2.54. The fourth-order valence-electron chi connectivity index (χ4n) is 3.41. The van der Waals surface area contributed by atoms with Crippen LogP contribution in [0.15, 0.2) is 48.5 Å². The Hall–Kier alpha value is -2.87. The van der Waals surface area contributed by atoms with Crippen molar-refractivity contribution in [3.63, 3.8) is 0 Å². The molecule has 1 saturated heterocycles. The highest BCUT2D eigenvalue weighted by atomic mass is 32.2. The first-order chi connectivity index (χ1) is 15.0. The lowest BCUT2D eigenvalue weighted by Gasteiger charge is -2.28. The van der Waals surface area contributed by atoms with E-state index in [2.05, 4.69) is 16.0 Å². The number of amides is 3. The van der Waals surface area contributed by atoms with E-state index in [0.717, 1.165) is 18.4 Å². The largest absolute Gasteiger partial charge is 0.350 e. The number of nitrogens with one attached hydrogen (secondary N) is 3. The van der Waals surface area contributed by atoms with Crippen molar-refractivity contribution in [1.29, 1.82) is 0 Å². The molecule has 4 rings (SSSR count). The molecular formula is C23H24FN3O3S. The van der Waals surface area contributed by atoms with Crippen LogP contribution in [-0.2, 0) is 27.3 Å². The molecule has 31 heavy (non-hydrogen) atoms. The van der Waals surface area contributed by atoms with Gasteiger partial charge in [-0.05, 0) is 48.6 Å². The maximum Gasteiger partial charge on any atom is 0.243 e. The molecule has 3 amide bonds. The van der Waals surface area contributed by atoms with Crippen molar-refractivity contribution in [1.82, 2.24) is 10.6 Å². The van der Waals surface area contributed by atoms with E-state index in [4.69, 9.17) is 0 Å². The average Bonchev–Trinajstić information content (AvgIpc) is 3.61. The summed E-state index contributed by atoms with van der Waals surface area (Å²) in [6.45, 7) is 0.293. The Morgan fingerprint density at radius 3 is 2.65 bits per heavy atom. The zero-order valence-electron chi connectivity index (χ0n) is 16.9. The van der Waals surface area contributed by atoms with Crippen molar-refractivity contribution in [2.24, 2.45) is 5.92 Å². The normalized spacial score (nSPS) is 20.6. The first kappa shape index (κ1) is 21.4. The second kappa shape index (κ2) is 9.51. The molecule has 2 aliphatic rings. The van der Waals surface area contributed by atoms with Gasteiger partial charge in [-0.2, -0.15) is 0 Å². The number of halogens is 1. The van der Waals surface area contributed by atoms with Crippen molar-refractivity contribution in [3.8, 4) is 0 Å². The highest BCUT2D eigenvalue weighted by Gasteiger charge is 2.33. The average molecular weight is 442 g/mol. The number of hydrogen-bond donors (Lipinski definition) is 3. The van der Waals surface area contributed by atoms with Crippen LogP contribution in [0.3, 0.4) is 0 Å². The van der Waals surface area contributed by atoms with E-state index in [-0.39, 0.29) is 35.9 Å². The molecule has 0 aromatic heterocycles. The molecule has 1 aliphatic carbocycles. The Balaban J connectivity index is 1.26. The van der Waals surface area contributed by atoms with Gasteiger partial charge in [-0.1, -0.05) is 30.3 Å². The molecule has 3 N–H and O–H groups in total. The van der Waals surface area contributed by atoms with Gasteiger partial charge >= 0.3 is 0 Å². The number of carbonyl (C=O) groups excluding carboxylic acids is 3. The molecule has 1 heterocycles. The van der Waals surface area contributed by atoms with Gasteiger partial charge in [0.25, 0.3) is 0 Å². The molecule has 6 nitrogen and oxygen atoms in total. The van der Waals surface area contributed by atoms with Crippen LogP contribution in [0.1, 0.15) is 24.0 Å². The Bertz CT molecular complexity index is 996. The standard InChI is InChI=1S/C23H24FN3O3S/c24-18-7-2-1-5-16(18)11-20-23(30)27-19(13-31-20)22(29)25-12-14-4-3-6-17(10-14)26-21(28)15-8-9-15/h1-7,10,15,19-20H,8-9,11-13H2,(H,25,29)(H,26,28)(H,27,30). The predicted molar refractivity (Wildman–Crippen MR) is 118 cm³/mol. The summed E-state index contributed by atoms with van der Waals surface area (Å²) >= 11 is 1.36. The SMILES string of the molecule is O=C(Nc1cccc(CNC(=O)C2CSC(Cc3ccccc3F)C(=O)N2)c1)C1CC1. The summed E-state index contributed by atoms with van der Waals surface area (Å²) in [6, 6.07) is 13.1. The van der Waals surface area contributed by atoms with Gasteiger partial charge in [0.15, 0.2) is 0 Å². The van der Waals surface area contributed by atoms with E-state index in [9.17, 15) is 18.8 Å². The van der Waals surface area contributed by atoms with Crippen LogP contribution in [0.5, 0.6) is 0 Å². The lowest BCUT2D eigenvalue weighted by atomic mass is 10.1. The van der Waals surface area contributed by atoms with E-state index in [1.807, 2.05) is 24.3 Å². The molecule has 2 atom stereocenters. The zero-order valence-corrected chi connectivity index (χ0v) is 17.7. The highest BCUT2D eigenvalue weighted by molar-refractivity contribution is 8.00. The topological polar surface area (TPSA) is 87.3 Å². The van der Waals surface area contributed by atoms with E-state index in [1.54, 1.807) is 18.2 Å². The molecule has 1 saturated carbocycles. The van der Waals surface area contributed by atoms with Crippen molar-refractivity contribution in [2.45, 2.75) is 37.1 Å². The minimum Gasteiger partial charge on any atom is -0.350 e. The summed E-state index contributed by atoms with van der Waals surface area (Å²) in [4.78, 5) is 36.9. The van der Waals surface area contributed by atoms with Crippen molar-refractivity contribution >= 4 is 35.2 Å². The summed E-state index contributed by atoms with van der Waals surface area (Å²) in [5, 5.41) is 8.05. The van der Waals surface area contributed by atoms with Gasteiger partial charge in [-0.3, -0.25) is 14.4 Å². The molecule has 0 radical (unpaired) electrons. The van der Waals surface area contributed by atoms with Gasteiger partial charge in [0.1, 0.15) is 11.9 Å². The lowest BCUT2D eigenvalue weighted by molar-refractivity contribution is -0.128. The van der Waals surface area contributed by atoms with Crippen LogP contribution in [-0.4, -0.2) is 34.8 Å². The number of rotatable bonds is 7. The van der Waals surface area contributed by atoms with Crippen LogP contribution in [0.25, 0.3) is 0 Å². The van der Waals surface area contributed by atoms with E-state index < -0.39 is 11.3 Å². The maximum absolute atomic E-state index is 13.9. The summed E-state index contributed by atoms with van der Waals surface area (Å²) in [7, 11) is 0. The Kier molecular flexibility index (Phi) is 6.56. The molecule has 0 bridgehead atoms. The minimum absolute atomic E-state index is 0.0352. The number of carbonyl (C=O) groups is 3. The molecule has 8 heteroatoms. The third kappa shape index (κ3) is 5.64. The quantitative estimate of drug-likeness (QED) is 0.617. The van der Waals surface area contributed by atoms with Gasteiger partial charge in [0.2, 0.25) is 17.7 Å². The van der Waals surface area contributed by atoms with Gasteiger partial charge in [0, 0.05) is 23.9 Å². The third-order valence-corrected chi connectivity index (χ3v) is 6.67. The molecule has 2 aromatic carbocycles. The Morgan fingerprint density at radius 1 is 1.10 bits per heavy atom. The second-order valence-corrected chi connectivity index (χ2v) is 9.10. The van der Waals surface area contributed by atoms with Crippen LogP contribution < -0.4 is 16.0 Å². The molecule has 2 unspecified atom stereocenters. The highest BCUT2D eigenvalue weighted by Crippen LogP contribution is 2.30. The predicted octanol–water partition coefficient (Wildman–Crippen LogP) is 2.63. The van der Waals surface area contributed by atoms with Gasteiger partial charge in [-0.25, -0.2) is 4.39 Å². The molecule has 162 valence electrons. The molecule has 2 aromatic rings. The van der Waals surface area contributed by atoms with Crippen LogP contribution >= 0.6 is 11.8 Å². The van der Waals surface area contributed by atoms with E-state index in [0.29, 0.717) is 23.5 Å². The monoisotopic (exact) mass is 441 g/mol. The zero-order chi connectivity index (χ0) is 21.8. The number of thioether (sulfide) groups is 1. The Labute approximate surface area is 184 Å². The summed E-state index contributed by atoms with van der Waals surface area (Å²) in [5.74, 6) is -0.270. The smallest absolute Gasteiger partial charge is 0.243 e.